The van der Waals surface area contributed by atoms with Crippen LogP contribution >= 0.6 is 0 Å². The molecule has 1 aromatic heterocycles. The highest BCUT2D eigenvalue weighted by atomic mass is 16.5. The van der Waals surface area contributed by atoms with Gasteiger partial charge in [0, 0.05) is 11.4 Å². The second-order valence-corrected chi connectivity index (χ2v) is 4.91. The van der Waals surface area contributed by atoms with Gasteiger partial charge in [0.2, 0.25) is 0 Å². The Kier molecular flexibility index (Phi) is 4.93. The van der Waals surface area contributed by atoms with Crippen molar-refractivity contribution < 1.29 is 9.53 Å². The molecule has 2 aromatic rings. The minimum Gasteiger partial charge on any atom is -0.482 e. The molecule has 4 heteroatoms. The van der Waals surface area contributed by atoms with E-state index in [4.69, 9.17) is 4.74 Å². The summed E-state index contributed by atoms with van der Waals surface area (Å²) in [6.45, 7) is 4.12. The fourth-order valence-electron chi connectivity index (χ4n) is 2.10. The number of pyridine rings is 1. The molecule has 1 aromatic carbocycles. The number of carbonyl (C=O) groups is 1. The van der Waals surface area contributed by atoms with Crippen molar-refractivity contribution in [3.63, 3.8) is 0 Å². The summed E-state index contributed by atoms with van der Waals surface area (Å²) in [4.78, 5) is 16.0. The van der Waals surface area contributed by atoms with E-state index < -0.39 is 0 Å². The van der Waals surface area contributed by atoms with E-state index in [1.165, 1.54) is 0 Å². The number of hydrogen-bond donors (Lipinski definition) is 1. The standard InChI is InChI=1S/C16H20N2O2/c1-3-6-12(2)18-16(19)11-20-14-9-13-7-4-5-8-15(13)17-10-14/h4-5,7-10,12H,3,6,11H2,1-2H3,(H,18,19). The lowest BCUT2D eigenvalue weighted by Gasteiger charge is -2.13. The molecule has 1 heterocycles. The van der Waals surface area contributed by atoms with Crippen molar-refractivity contribution in [1.29, 1.82) is 0 Å². The monoisotopic (exact) mass is 272 g/mol. The largest absolute Gasteiger partial charge is 0.482 e. The zero-order valence-electron chi connectivity index (χ0n) is 11.9. The minimum atomic E-state index is -0.0980. The van der Waals surface area contributed by atoms with E-state index in [2.05, 4.69) is 17.2 Å². The molecule has 0 bridgehead atoms. The number of benzene rings is 1. The van der Waals surface area contributed by atoms with Gasteiger partial charge in [-0.1, -0.05) is 31.5 Å². The molecule has 1 atom stereocenters. The second-order valence-electron chi connectivity index (χ2n) is 4.91. The smallest absolute Gasteiger partial charge is 0.258 e. The number of nitrogens with one attached hydrogen (secondary N) is 1. The van der Waals surface area contributed by atoms with Gasteiger partial charge in [-0.3, -0.25) is 9.78 Å². The van der Waals surface area contributed by atoms with E-state index in [0.717, 1.165) is 23.7 Å². The summed E-state index contributed by atoms with van der Waals surface area (Å²) in [6.07, 6.45) is 3.67. The van der Waals surface area contributed by atoms with Crippen LogP contribution in [0.1, 0.15) is 26.7 Å². The Morgan fingerprint density at radius 1 is 1.40 bits per heavy atom. The predicted molar refractivity (Wildman–Crippen MR) is 79.8 cm³/mol. The number of nitrogens with zero attached hydrogens (tertiary/aromatic N) is 1. The average molecular weight is 272 g/mol. The lowest BCUT2D eigenvalue weighted by molar-refractivity contribution is -0.123. The first-order chi connectivity index (χ1) is 9.69. The first kappa shape index (κ1) is 14.3. The Morgan fingerprint density at radius 2 is 2.20 bits per heavy atom. The van der Waals surface area contributed by atoms with Crippen LogP contribution in [0.5, 0.6) is 5.75 Å². The van der Waals surface area contributed by atoms with E-state index in [9.17, 15) is 4.79 Å². The Labute approximate surface area is 119 Å². The van der Waals surface area contributed by atoms with Gasteiger partial charge < -0.3 is 10.1 Å². The lowest BCUT2D eigenvalue weighted by Crippen LogP contribution is -2.35. The summed E-state index contributed by atoms with van der Waals surface area (Å²) < 4.78 is 5.48. The van der Waals surface area contributed by atoms with Gasteiger partial charge in [0.15, 0.2) is 6.61 Å². The average Bonchev–Trinajstić information content (AvgIpc) is 2.45. The highest BCUT2D eigenvalue weighted by Crippen LogP contribution is 2.17. The molecule has 0 saturated carbocycles. The first-order valence-corrected chi connectivity index (χ1v) is 6.96. The molecular formula is C16H20N2O2. The van der Waals surface area contributed by atoms with E-state index in [-0.39, 0.29) is 18.6 Å². The molecule has 0 aliphatic rings. The molecule has 0 fully saturated rings. The number of rotatable bonds is 6. The van der Waals surface area contributed by atoms with Gasteiger partial charge >= 0.3 is 0 Å². The molecule has 1 N–H and O–H groups in total. The number of hydrogen-bond acceptors (Lipinski definition) is 3. The van der Waals surface area contributed by atoms with E-state index in [1.807, 2.05) is 37.3 Å². The van der Waals surface area contributed by atoms with Crippen molar-refractivity contribution >= 4 is 16.8 Å². The number of amides is 1. The van der Waals surface area contributed by atoms with E-state index >= 15 is 0 Å². The van der Waals surface area contributed by atoms with Gasteiger partial charge in [0.05, 0.1) is 11.7 Å². The fraction of sp³-hybridized carbons (Fsp3) is 0.375. The maximum Gasteiger partial charge on any atom is 0.258 e. The third kappa shape index (κ3) is 3.95. The number of carbonyl (C=O) groups excluding carboxylic acids is 1. The molecule has 1 unspecified atom stereocenters. The molecule has 0 radical (unpaired) electrons. The van der Waals surface area contributed by atoms with E-state index in [1.54, 1.807) is 6.20 Å². The van der Waals surface area contributed by atoms with Crippen molar-refractivity contribution in [2.45, 2.75) is 32.7 Å². The van der Waals surface area contributed by atoms with Crippen molar-refractivity contribution in [1.82, 2.24) is 10.3 Å². The SMILES string of the molecule is CCCC(C)NC(=O)COc1cnc2ccccc2c1. The Hall–Kier alpha value is -2.10. The lowest BCUT2D eigenvalue weighted by atomic mass is 10.2. The minimum absolute atomic E-state index is 0.0219. The summed E-state index contributed by atoms with van der Waals surface area (Å²) in [5.74, 6) is 0.515. The zero-order valence-corrected chi connectivity index (χ0v) is 11.9. The summed E-state index contributed by atoms with van der Waals surface area (Å²) in [5, 5.41) is 3.91. The highest BCUT2D eigenvalue weighted by molar-refractivity contribution is 5.80. The number of para-hydroxylation sites is 1. The molecule has 0 saturated heterocycles. The Balaban J connectivity index is 1.90. The maximum atomic E-state index is 11.7. The maximum absolute atomic E-state index is 11.7. The van der Waals surface area contributed by atoms with Crippen LogP contribution in [0.4, 0.5) is 0 Å². The topological polar surface area (TPSA) is 51.2 Å². The quantitative estimate of drug-likeness (QED) is 0.879. The molecule has 1 amide bonds. The third-order valence-corrected chi connectivity index (χ3v) is 3.06. The van der Waals surface area contributed by atoms with Crippen molar-refractivity contribution in [2.24, 2.45) is 0 Å². The van der Waals surface area contributed by atoms with Crippen molar-refractivity contribution in [3.05, 3.63) is 36.5 Å². The van der Waals surface area contributed by atoms with Gasteiger partial charge in [-0.25, -0.2) is 0 Å². The van der Waals surface area contributed by atoms with Crippen molar-refractivity contribution in [3.8, 4) is 5.75 Å². The van der Waals surface area contributed by atoms with Gasteiger partial charge in [-0.15, -0.1) is 0 Å². The van der Waals surface area contributed by atoms with Gasteiger partial charge in [-0.05, 0) is 25.5 Å². The summed E-state index contributed by atoms with van der Waals surface area (Å²) in [6, 6.07) is 9.89. The summed E-state index contributed by atoms with van der Waals surface area (Å²) in [7, 11) is 0. The molecule has 0 aliphatic heterocycles. The molecule has 4 nitrogen and oxygen atoms in total. The van der Waals surface area contributed by atoms with Crippen molar-refractivity contribution in [2.75, 3.05) is 6.61 Å². The molecule has 0 spiro atoms. The second kappa shape index (κ2) is 6.89. The zero-order chi connectivity index (χ0) is 14.4. The normalized spacial score (nSPS) is 12.1. The highest BCUT2D eigenvalue weighted by Gasteiger charge is 2.07. The summed E-state index contributed by atoms with van der Waals surface area (Å²) >= 11 is 0. The molecular weight excluding hydrogens is 252 g/mol. The van der Waals surface area contributed by atoms with E-state index in [0.29, 0.717) is 5.75 Å². The molecule has 2 rings (SSSR count). The van der Waals surface area contributed by atoms with Crippen LogP contribution in [0.2, 0.25) is 0 Å². The molecule has 20 heavy (non-hydrogen) atoms. The Bertz CT molecular complexity index is 583. The van der Waals surface area contributed by atoms with Crippen LogP contribution in [0, 0.1) is 0 Å². The van der Waals surface area contributed by atoms with Gasteiger partial charge in [0.25, 0.3) is 5.91 Å². The van der Waals surface area contributed by atoms with Crippen LogP contribution in [0.3, 0.4) is 0 Å². The predicted octanol–water partition coefficient (Wildman–Crippen LogP) is 2.92. The van der Waals surface area contributed by atoms with Crippen LogP contribution < -0.4 is 10.1 Å². The first-order valence-electron chi connectivity index (χ1n) is 6.96. The number of fused-ring (bicyclic) bond motifs is 1. The molecule has 0 aliphatic carbocycles. The summed E-state index contributed by atoms with van der Waals surface area (Å²) in [5.41, 5.74) is 0.917. The van der Waals surface area contributed by atoms with Crippen LogP contribution in [-0.4, -0.2) is 23.5 Å². The molecule has 106 valence electrons. The van der Waals surface area contributed by atoms with Gasteiger partial charge in [0.1, 0.15) is 5.75 Å². The van der Waals surface area contributed by atoms with Crippen LogP contribution in [-0.2, 0) is 4.79 Å². The third-order valence-electron chi connectivity index (χ3n) is 3.06. The van der Waals surface area contributed by atoms with Crippen LogP contribution in [0.25, 0.3) is 10.9 Å². The van der Waals surface area contributed by atoms with Crippen LogP contribution in [0.15, 0.2) is 36.5 Å². The number of ether oxygens (including phenoxy) is 1. The fourth-order valence-corrected chi connectivity index (χ4v) is 2.10. The van der Waals surface area contributed by atoms with Gasteiger partial charge in [-0.2, -0.15) is 0 Å². The number of aromatic nitrogens is 1. The Morgan fingerprint density at radius 3 is 3.00 bits per heavy atom.